The van der Waals surface area contributed by atoms with E-state index in [-0.39, 0.29) is 17.3 Å². The van der Waals surface area contributed by atoms with Gasteiger partial charge in [0.2, 0.25) is 0 Å². The van der Waals surface area contributed by atoms with Crippen LogP contribution < -0.4 is 4.74 Å². The highest BCUT2D eigenvalue weighted by molar-refractivity contribution is 5.36. The average molecular weight is 284 g/mol. The predicted molar refractivity (Wildman–Crippen MR) is 74.0 cm³/mol. The molecule has 0 saturated carbocycles. The van der Waals surface area contributed by atoms with Crippen molar-refractivity contribution in [2.24, 2.45) is 5.41 Å². The largest absolute Gasteiger partial charge is 0.485 e. The first-order valence-corrected chi connectivity index (χ1v) is 7.07. The zero-order valence-corrected chi connectivity index (χ0v) is 12.3. The Kier molecular flexibility index (Phi) is 4.63. The predicted octanol–water partition coefficient (Wildman–Crippen LogP) is 4.11. The van der Waals surface area contributed by atoms with Gasteiger partial charge in [-0.2, -0.15) is 0 Å². The van der Waals surface area contributed by atoms with Gasteiger partial charge in [-0.15, -0.1) is 0 Å². The third kappa shape index (κ3) is 4.17. The summed E-state index contributed by atoms with van der Waals surface area (Å²) < 4.78 is 38.6. The summed E-state index contributed by atoms with van der Waals surface area (Å²) in [5.74, 6) is -1.01. The van der Waals surface area contributed by atoms with Gasteiger partial charge in [0.05, 0.1) is 6.61 Å². The molecular formula is C16H22F2O2. The molecule has 1 heterocycles. The first-order chi connectivity index (χ1) is 9.35. The number of ether oxygens (including phenoxy) is 2. The van der Waals surface area contributed by atoms with Crippen molar-refractivity contribution in [3.05, 3.63) is 29.3 Å². The third-order valence-corrected chi connectivity index (χ3v) is 3.21. The number of hydrogen-bond donors (Lipinski definition) is 0. The lowest BCUT2D eigenvalue weighted by atomic mass is 9.87. The van der Waals surface area contributed by atoms with Crippen molar-refractivity contribution in [2.45, 2.75) is 46.1 Å². The Morgan fingerprint density at radius 3 is 2.65 bits per heavy atom. The molecule has 0 amide bonds. The Hall–Kier alpha value is -1.16. The summed E-state index contributed by atoms with van der Waals surface area (Å²) in [4.78, 5) is 0. The molecule has 1 aromatic rings. The Balaban J connectivity index is 2.24. The van der Waals surface area contributed by atoms with Crippen LogP contribution in [0.1, 0.15) is 39.2 Å². The van der Waals surface area contributed by atoms with Gasteiger partial charge < -0.3 is 9.47 Å². The van der Waals surface area contributed by atoms with Crippen LogP contribution in [0.15, 0.2) is 12.1 Å². The fraction of sp³-hybridized carbons (Fsp3) is 0.625. The van der Waals surface area contributed by atoms with Crippen LogP contribution in [0.25, 0.3) is 0 Å². The smallest absolute Gasteiger partial charge is 0.168 e. The van der Waals surface area contributed by atoms with Gasteiger partial charge in [-0.05, 0) is 30.7 Å². The highest BCUT2D eigenvalue weighted by Gasteiger charge is 2.23. The van der Waals surface area contributed by atoms with Gasteiger partial charge in [-0.25, -0.2) is 8.78 Å². The SMILES string of the molecule is CC(C)(C)Cc1cc(F)cc(F)c1OC1CCCOC1. The number of benzene rings is 1. The average Bonchev–Trinajstić information content (AvgIpc) is 2.33. The summed E-state index contributed by atoms with van der Waals surface area (Å²) >= 11 is 0. The lowest BCUT2D eigenvalue weighted by Crippen LogP contribution is -2.29. The molecular weight excluding hydrogens is 262 g/mol. The molecule has 0 bridgehead atoms. The fourth-order valence-electron chi connectivity index (χ4n) is 2.42. The van der Waals surface area contributed by atoms with Gasteiger partial charge in [0, 0.05) is 18.2 Å². The Morgan fingerprint density at radius 1 is 1.30 bits per heavy atom. The molecule has 1 aromatic carbocycles. The van der Waals surface area contributed by atoms with E-state index in [9.17, 15) is 8.78 Å². The van der Waals surface area contributed by atoms with E-state index < -0.39 is 11.6 Å². The molecule has 2 nitrogen and oxygen atoms in total. The second-order valence-electron chi connectivity index (χ2n) is 6.57. The van der Waals surface area contributed by atoms with Crippen molar-refractivity contribution < 1.29 is 18.3 Å². The summed E-state index contributed by atoms with van der Waals surface area (Å²) in [5.41, 5.74) is 0.516. The molecule has 1 saturated heterocycles. The van der Waals surface area contributed by atoms with Crippen LogP contribution >= 0.6 is 0 Å². The molecule has 0 aliphatic carbocycles. The minimum atomic E-state index is -0.630. The van der Waals surface area contributed by atoms with Crippen molar-refractivity contribution in [1.82, 2.24) is 0 Å². The minimum Gasteiger partial charge on any atom is -0.485 e. The highest BCUT2D eigenvalue weighted by Crippen LogP contribution is 2.32. The second kappa shape index (κ2) is 6.08. The van der Waals surface area contributed by atoms with E-state index in [2.05, 4.69) is 0 Å². The molecule has 0 aromatic heterocycles. The Labute approximate surface area is 119 Å². The maximum Gasteiger partial charge on any atom is 0.168 e. The van der Waals surface area contributed by atoms with Crippen LogP contribution in [-0.2, 0) is 11.2 Å². The van der Waals surface area contributed by atoms with Gasteiger partial charge >= 0.3 is 0 Å². The van der Waals surface area contributed by atoms with Crippen molar-refractivity contribution >= 4 is 0 Å². The van der Waals surface area contributed by atoms with Gasteiger partial charge in [-0.3, -0.25) is 0 Å². The fourth-order valence-corrected chi connectivity index (χ4v) is 2.42. The van der Waals surface area contributed by atoms with Gasteiger partial charge in [0.25, 0.3) is 0 Å². The van der Waals surface area contributed by atoms with Gasteiger partial charge in [0.1, 0.15) is 11.9 Å². The summed E-state index contributed by atoms with van der Waals surface area (Å²) in [5, 5.41) is 0. The van der Waals surface area contributed by atoms with E-state index >= 15 is 0 Å². The second-order valence-corrected chi connectivity index (χ2v) is 6.57. The normalized spacial score (nSPS) is 19.9. The van der Waals surface area contributed by atoms with Crippen molar-refractivity contribution in [3.8, 4) is 5.75 Å². The molecule has 1 fully saturated rings. The molecule has 0 N–H and O–H groups in total. The van der Waals surface area contributed by atoms with E-state index in [4.69, 9.17) is 9.47 Å². The summed E-state index contributed by atoms with van der Waals surface area (Å²) in [6.45, 7) is 7.28. The lowest BCUT2D eigenvalue weighted by Gasteiger charge is -2.26. The zero-order chi connectivity index (χ0) is 14.8. The third-order valence-electron chi connectivity index (χ3n) is 3.21. The maximum atomic E-state index is 14.0. The molecule has 20 heavy (non-hydrogen) atoms. The van der Waals surface area contributed by atoms with Crippen LogP contribution in [0, 0.1) is 17.0 Å². The number of rotatable bonds is 3. The minimum absolute atomic E-state index is 0.0680. The monoisotopic (exact) mass is 284 g/mol. The Morgan fingerprint density at radius 2 is 2.05 bits per heavy atom. The molecule has 4 heteroatoms. The molecule has 112 valence electrons. The number of hydrogen-bond acceptors (Lipinski definition) is 2. The van der Waals surface area contributed by atoms with Crippen molar-refractivity contribution in [2.75, 3.05) is 13.2 Å². The number of halogens is 2. The van der Waals surface area contributed by atoms with Crippen LogP contribution in [-0.4, -0.2) is 19.3 Å². The Bertz CT molecular complexity index is 460. The molecule has 0 spiro atoms. The van der Waals surface area contributed by atoms with Crippen LogP contribution in [0.5, 0.6) is 5.75 Å². The summed E-state index contributed by atoms with van der Waals surface area (Å²) in [6.07, 6.45) is 2.15. The lowest BCUT2D eigenvalue weighted by molar-refractivity contribution is 0.00526. The van der Waals surface area contributed by atoms with Crippen LogP contribution in [0.4, 0.5) is 8.78 Å². The highest BCUT2D eigenvalue weighted by atomic mass is 19.1. The van der Waals surface area contributed by atoms with Gasteiger partial charge in [0.15, 0.2) is 11.6 Å². The summed E-state index contributed by atoms with van der Waals surface area (Å²) in [7, 11) is 0. The van der Waals surface area contributed by atoms with Crippen molar-refractivity contribution in [1.29, 1.82) is 0 Å². The molecule has 2 rings (SSSR count). The van der Waals surface area contributed by atoms with E-state index in [1.807, 2.05) is 20.8 Å². The maximum absolute atomic E-state index is 14.0. The van der Waals surface area contributed by atoms with E-state index in [0.29, 0.717) is 18.6 Å². The van der Waals surface area contributed by atoms with E-state index in [1.54, 1.807) is 0 Å². The van der Waals surface area contributed by atoms with Crippen molar-refractivity contribution in [3.63, 3.8) is 0 Å². The summed E-state index contributed by atoms with van der Waals surface area (Å²) in [6, 6.07) is 2.25. The molecule has 1 unspecified atom stereocenters. The first kappa shape index (κ1) is 15.2. The van der Waals surface area contributed by atoms with Crippen LogP contribution in [0.3, 0.4) is 0 Å². The first-order valence-electron chi connectivity index (χ1n) is 7.07. The van der Waals surface area contributed by atoms with Gasteiger partial charge in [-0.1, -0.05) is 20.8 Å². The molecule has 1 aliphatic rings. The zero-order valence-electron chi connectivity index (χ0n) is 12.3. The quantitative estimate of drug-likeness (QED) is 0.831. The molecule has 1 atom stereocenters. The van der Waals surface area contributed by atoms with E-state index in [1.165, 1.54) is 6.07 Å². The van der Waals surface area contributed by atoms with Crippen LogP contribution in [0.2, 0.25) is 0 Å². The molecule has 1 aliphatic heterocycles. The topological polar surface area (TPSA) is 18.5 Å². The molecule has 0 radical (unpaired) electrons. The van der Waals surface area contributed by atoms with E-state index in [0.717, 1.165) is 25.5 Å². The standard InChI is InChI=1S/C16H22F2O2/c1-16(2,3)9-11-7-12(17)8-14(18)15(11)20-13-5-4-6-19-10-13/h7-8,13H,4-6,9-10H2,1-3H3.